The summed E-state index contributed by atoms with van der Waals surface area (Å²) in [5.74, 6) is -0.244. The van der Waals surface area contributed by atoms with Crippen LogP contribution in [0.4, 0.5) is 27.1 Å². The average molecular weight is 306 g/mol. The van der Waals surface area contributed by atoms with Crippen LogP contribution in [0.5, 0.6) is 0 Å². The van der Waals surface area contributed by atoms with Crippen molar-refractivity contribution in [2.45, 2.75) is 13.8 Å². The number of nitrogens with one attached hydrogen (secondary N) is 2. The maximum absolute atomic E-state index is 13.9. The van der Waals surface area contributed by atoms with Crippen molar-refractivity contribution >= 4 is 22.7 Å². The number of aryl methyl sites for hydroxylation is 2. The smallest absolute Gasteiger partial charge is 0.146 e. The molecule has 0 radical (unpaired) electrons. The molecule has 23 heavy (non-hydrogen) atoms. The first kappa shape index (κ1) is 15.1. The number of halogens is 1. The summed E-state index contributed by atoms with van der Waals surface area (Å²) in [6.45, 7) is 3.94. The fourth-order valence-corrected chi connectivity index (χ4v) is 2.32. The van der Waals surface area contributed by atoms with E-state index >= 15 is 0 Å². The van der Waals surface area contributed by atoms with Gasteiger partial charge in [0.2, 0.25) is 0 Å². The van der Waals surface area contributed by atoms with E-state index in [1.807, 2.05) is 49.4 Å². The standard InChI is InChI=1S/C20H19FN2/c1-14-3-6-16(7-4-14)22-17-8-10-18(11-9-17)23-20-12-5-15(2)13-19(20)21/h3-13,22-23H,1-2H3. The number of anilines is 4. The predicted molar refractivity (Wildman–Crippen MR) is 95.3 cm³/mol. The van der Waals surface area contributed by atoms with E-state index in [0.29, 0.717) is 5.69 Å². The molecule has 0 aromatic heterocycles. The molecule has 0 aliphatic rings. The monoisotopic (exact) mass is 306 g/mol. The van der Waals surface area contributed by atoms with Crippen LogP contribution in [-0.4, -0.2) is 0 Å². The van der Waals surface area contributed by atoms with Gasteiger partial charge >= 0.3 is 0 Å². The molecule has 3 aromatic rings. The van der Waals surface area contributed by atoms with Crippen LogP contribution in [0.1, 0.15) is 11.1 Å². The summed E-state index contributed by atoms with van der Waals surface area (Å²) in [7, 11) is 0. The van der Waals surface area contributed by atoms with E-state index in [1.165, 1.54) is 11.6 Å². The van der Waals surface area contributed by atoms with Crippen LogP contribution in [0.15, 0.2) is 66.7 Å². The molecule has 116 valence electrons. The highest BCUT2D eigenvalue weighted by molar-refractivity contribution is 5.66. The first-order valence-electron chi connectivity index (χ1n) is 7.57. The molecule has 0 amide bonds. The van der Waals surface area contributed by atoms with E-state index in [-0.39, 0.29) is 5.82 Å². The summed E-state index contributed by atoms with van der Waals surface area (Å²) in [4.78, 5) is 0. The SMILES string of the molecule is Cc1ccc(Nc2ccc(Nc3ccc(C)cc3F)cc2)cc1. The third-order valence-corrected chi connectivity index (χ3v) is 3.63. The Morgan fingerprint density at radius 2 is 1.09 bits per heavy atom. The minimum atomic E-state index is -0.244. The van der Waals surface area contributed by atoms with Gasteiger partial charge in [-0.05, 0) is 67.9 Å². The Hall–Kier alpha value is -2.81. The number of benzene rings is 3. The lowest BCUT2D eigenvalue weighted by atomic mass is 10.2. The third kappa shape index (κ3) is 3.89. The zero-order valence-corrected chi connectivity index (χ0v) is 13.2. The first-order valence-corrected chi connectivity index (χ1v) is 7.57. The molecule has 3 aromatic carbocycles. The van der Waals surface area contributed by atoms with Crippen LogP contribution in [0, 0.1) is 19.7 Å². The van der Waals surface area contributed by atoms with E-state index in [1.54, 1.807) is 6.07 Å². The first-order chi connectivity index (χ1) is 11.1. The highest BCUT2D eigenvalue weighted by atomic mass is 19.1. The maximum atomic E-state index is 13.9. The molecular weight excluding hydrogens is 287 g/mol. The third-order valence-electron chi connectivity index (χ3n) is 3.63. The Balaban J connectivity index is 1.70. The molecule has 3 rings (SSSR count). The maximum Gasteiger partial charge on any atom is 0.146 e. The molecule has 0 saturated heterocycles. The van der Waals surface area contributed by atoms with Gasteiger partial charge in [-0.15, -0.1) is 0 Å². The Morgan fingerprint density at radius 3 is 1.65 bits per heavy atom. The Labute approximate surface area is 136 Å². The van der Waals surface area contributed by atoms with Crippen LogP contribution in [0.25, 0.3) is 0 Å². The minimum absolute atomic E-state index is 0.244. The molecule has 0 bridgehead atoms. The molecule has 0 spiro atoms. The zero-order valence-electron chi connectivity index (χ0n) is 13.2. The molecule has 3 heteroatoms. The van der Waals surface area contributed by atoms with Crippen molar-refractivity contribution in [3.05, 3.63) is 83.7 Å². The second kappa shape index (κ2) is 6.53. The molecule has 0 aliphatic carbocycles. The number of hydrogen-bond donors (Lipinski definition) is 2. The van der Waals surface area contributed by atoms with Gasteiger partial charge in [-0.1, -0.05) is 23.8 Å². The lowest BCUT2D eigenvalue weighted by Gasteiger charge is -2.10. The highest BCUT2D eigenvalue weighted by Gasteiger charge is 2.03. The largest absolute Gasteiger partial charge is 0.356 e. The van der Waals surface area contributed by atoms with Gasteiger partial charge in [0.05, 0.1) is 5.69 Å². The highest BCUT2D eigenvalue weighted by Crippen LogP contribution is 2.23. The summed E-state index contributed by atoms with van der Waals surface area (Å²) in [5, 5.41) is 6.43. The van der Waals surface area contributed by atoms with E-state index in [0.717, 1.165) is 22.6 Å². The van der Waals surface area contributed by atoms with Gasteiger partial charge < -0.3 is 10.6 Å². The van der Waals surface area contributed by atoms with Gasteiger partial charge in [-0.25, -0.2) is 4.39 Å². The van der Waals surface area contributed by atoms with Crippen LogP contribution < -0.4 is 10.6 Å². The molecule has 0 fully saturated rings. The number of rotatable bonds is 4. The van der Waals surface area contributed by atoms with Crippen LogP contribution in [0.3, 0.4) is 0 Å². The van der Waals surface area contributed by atoms with E-state index in [4.69, 9.17) is 0 Å². The van der Waals surface area contributed by atoms with Crippen molar-refractivity contribution in [3.63, 3.8) is 0 Å². The molecule has 0 heterocycles. The number of hydrogen-bond acceptors (Lipinski definition) is 2. The van der Waals surface area contributed by atoms with Gasteiger partial charge in [0.1, 0.15) is 5.82 Å². The average Bonchev–Trinajstić information content (AvgIpc) is 2.54. The summed E-state index contributed by atoms with van der Waals surface area (Å²) < 4.78 is 13.9. The second-order valence-corrected chi connectivity index (χ2v) is 5.68. The minimum Gasteiger partial charge on any atom is -0.356 e. The fourth-order valence-electron chi connectivity index (χ4n) is 2.32. The molecule has 0 unspecified atom stereocenters. The Morgan fingerprint density at radius 1 is 0.609 bits per heavy atom. The summed E-state index contributed by atoms with van der Waals surface area (Å²) in [5.41, 5.74) is 5.50. The Bertz CT molecular complexity index is 793. The van der Waals surface area contributed by atoms with Gasteiger partial charge in [-0.3, -0.25) is 0 Å². The lowest BCUT2D eigenvalue weighted by Crippen LogP contribution is -1.95. The molecule has 2 nitrogen and oxygen atoms in total. The fraction of sp³-hybridized carbons (Fsp3) is 0.100. The molecule has 2 N–H and O–H groups in total. The van der Waals surface area contributed by atoms with E-state index < -0.39 is 0 Å². The second-order valence-electron chi connectivity index (χ2n) is 5.68. The van der Waals surface area contributed by atoms with Gasteiger partial charge in [0.25, 0.3) is 0 Å². The van der Waals surface area contributed by atoms with Crippen LogP contribution in [-0.2, 0) is 0 Å². The summed E-state index contributed by atoms with van der Waals surface area (Å²) >= 11 is 0. The molecular formula is C20H19FN2. The van der Waals surface area contributed by atoms with E-state index in [9.17, 15) is 4.39 Å². The molecule has 0 atom stereocenters. The van der Waals surface area contributed by atoms with Gasteiger partial charge in [0, 0.05) is 17.1 Å². The van der Waals surface area contributed by atoms with Gasteiger partial charge in [0.15, 0.2) is 0 Å². The van der Waals surface area contributed by atoms with Crippen LogP contribution >= 0.6 is 0 Å². The molecule has 0 saturated carbocycles. The topological polar surface area (TPSA) is 24.1 Å². The summed E-state index contributed by atoms with van der Waals surface area (Å²) in [6.07, 6.45) is 0. The van der Waals surface area contributed by atoms with Crippen molar-refractivity contribution in [1.82, 2.24) is 0 Å². The van der Waals surface area contributed by atoms with Gasteiger partial charge in [-0.2, -0.15) is 0 Å². The van der Waals surface area contributed by atoms with Crippen molar-refractivity contribution in [3.8, 4) is 0 Å². The zero-order chi connectivity index (χ0) is 16.2. The Kier molecular flexibility index (Phi) is 4.29. The van der Waals surface area contributed by atoms with Crippen molar-refractivity contribution in [2.75, 3.05) is 10.6 Å². The van der Waals surface area contributed by atoms with Crippen molar-refractivity contribution < 1.29 is 4.39 Å². The van der Waals surface area contributed by atoms with Crippen LogP contribution in [0.2, 0.25) is 0 Å². The summed E-state index contributed by atoms with van der Waals surface area (Å²) in [6, 6.07) is 21.2. The normalized spacial score (nSPS) is 10.4. The van der Waals surface area contributed by atoms with Crippen molar-refractivity contribution in [1.29, 1.82) is 0 Å². The lowest BCUT2D eigenvalue weighted by molar-refractivity contribution is 0.631. The predicted octanol–water partition coefficient (Wildman–Crippen LogP) is 5.93. The van der Waals surface area contributed by atoms with E-state index in [2.05, 4.69) is 29.7 Å². The van der Waals surface area contributed by atoms with Crippen molar-refractivity contribution in [2.24, 2.45) is 0 Å². The quantitative estimate of drug-likeness (QED) is 0.624. The molecule has 0 aliphatic heterocycles.